The minimum absolute atomic E-state index is 0.101. The average Bonchev–Trinajstić information content (AvgIpc) is 2.38. The number of carbonyl (C=O) groups is 2. The van der Waals surface area contributed by atoms with Crippen molar-refractivity contribution in [1.82, 2.24) is 4.98 Å². The van der Waals surface area contributed by atoms with Crippen molar-refractivity contribution in [2.24, 2.45) is 0 Å². The van der Waals surface area contributed by atoms with E-state index in [1.807, 2.05) is 0 Å². The number of halogens is 1. The van der Waals surface area contributed by atoms with Gasteiger partial charge in [-0.15, -0.1) is 0 Å². The Labute approximate surface area is 117 Å². The third kappa shape index (κ3) is 5.22. The summed E-state index contributed by atoms with van der Waals surface area (Å²) in [4.78, 5) is 27.1. The van der Waals surface area contributed by atoms with Crippen LogP contribution in [-0.2, 0) is 9.53 Å². The molecule has 0 fully saturated rings. The van der Waals surface area contributed by atoms with Crippen molar-refractivity contribution in [3.05, 3.63) is 40.7 Å². The van der Waals surface area contributed by atoms with Gasteiger partial charge in [0.05, 0.1) is 6.61 Å². The summed E-state index contributed by atoms with van der Waals surface area (Å²) in [6, 6.07) is 3.15. The molecule has 0 spiro atoms. The first-order valence-corrected chi connectivity index (χ1v) is 6.41. The van der Waals surface area contributed by atoms with Crippen LogP contribution >= 0.6 is 11.6 Å². The van der Waals surface area contributed by atoms with Crippen molar-refractivity contribution in [3.8, 4) is 0 Å². The molecule has 0 saturated carbocycles. The molecule has 0 saturated heterocycles. The van der Waals surface area contributed by atoms with E-state index in [0.29, 0.717) is 29.3 Å². The second kappa shape index (κ2) is 7.69. The standard InChI is InChI=1S/C14H16ClNO3/c1-3-19-14(18)10(2)5-4-6-13(17)12-9-11(15)7-8-16-12/h5,7-9H,3-4,6H2,1-2H3. The highest BCUT2D eigenvalue weighted by atomic mass is 35.5. The van der Waals surface area contributed by atoms with Crippen molar-refractivity contribution in [2.75, 3.05) is 6.61 Å². The van der Waals surface area contributed by atoms with Gasteiger partial charge in [0.2, 0.25) is 0 Å². The molecule has 4 nitrogen and oxygen atoms in total. The van der Waals surface area contributed by atoms with Gasteiger partial charge in [0, 0.05) is 23.2 Å². The summed E-state index contributed by atoms with van der Waals surface area (Å²) in [5.41, 5.74) is 0.850. The Morgan fingerprint density at radius 3 is 2.84 bits per heavy atom. The molecule has 1 heterocycles. The molecule has 0 bridgehead atoms. The van der Waals surface area contributed by atoms with Crippen LogP contribution in [0.3, 0.4) is 0 Å². The van der Waals surface area contributed by atoms with Crippen LogP contribution < -0.4 is 0 Å². The van der Waals surface area contributed by atoms with E-state index in [0.717, 1.165) is 0 Å². The topological polar surface area (TPSA) is 56.3 Å². The minimum Gasteiger partial charge on any atom is -0.463 e. The first kappa shape index (κ1) is 15.4. The molecule has 0 aliphatic carbocycles. The third-order valence-corrected chi connectivity index (χ3v) is 2.66. The van der Waals surface area contributed by atoms with Crippen LogP contribution in [0.15, 0.2) is 30.0 Å². The normalized spacial score (nSPS) is 11.2. The quantitative estimate of drug-likeness (QED) is 0.456. The van der Waals surface area contributed by atoms with Crippen molar-refractivity contribution in [3.63, 3.8) is 0 Å². The molecule has 0 amide bonds. The molecule has 0 unspecified atom stereocenters. The number of esters is 1. The number of rotatable bonds is 6. The van der Waals surface area contributed by atoms with E-state index in [-0.39, 0.29) is 18.2 Å². The average molecular weight is 282 g/mol. The summed E-state index contributed by atoms with van der Waals surface area (Å²) in [7, 11) is 0. The summed E-state index contributed by atoms with van der Waals surface area (Å²) in [5.74, 6) is -0.453. The van der Waals surface area contributed by atoms with E-state index >= 15 is 0 Å². The van der Waals surface area contributed by atoms with Crippen molar-refractivity contribution < 1.29 is 14.3 Å². The van der Waals surface area contributed by atoms with Gasteiger partial charge >= 0.3 is 5.97 Å². The summed E-state index contributed by atoms with van der Waals surface area (Å²) >= 11 is 5.78. The predicted molar refractivity (Wildman–Crippen MR) is 73.2 cm³/mol. The zero-order chi connectivity index (χ0) is 14.3. The number of allylic oxidation sites excluding steroid dienone is 1. The number of aromatic nitrogens is 1. The van der Waals surface area contributed by atoms with E-state index in [1.165, 1.54) is 12.3 Å². The summed E-state index contributed by atoms with van der Waals surface area (Å²) in [5, 5.41) is 0.483. The number of hydrogen-bond donors (Lipinski definition) is 0. The zero-order valence-electron chi connectivity index (χ0n) is 11.0. The largest absolute Gasteiger partial charge is 0.463 e. The lowest BCUT2D eigenvalue weighted by Crippen LogP contribution is -2.05. The zero-order valence-corrected chi connectivity index (χ0v) is 11.7. The van der Waals surface area contributed by atoms with Crippen LogP contribution in [-0.4, -0.2) is 23.3 Å². The van der Waals surface area contributed by atoms with E-state index in [1.54, 1.807) is 26.0 Å². The van der Waals surface area contributed by atoms with Crippen molar-refractivity contribution in [2.45, 2.75) is 26.7 Å². The number of ether oxygens (including phenoxy) is 1. The highest BCUT2D eigenvalue weighted by Gasteiger charge is 2.08. The molecule has 102 valence electrons. The Balaban J connectivity index is 2.51. The van der Waals surface area contributed by atoms with Crippen LogP contribution in [0.25, 0.3) is 0 Å². The second-order valence-electron chi connectivity index (χ2n) is 3.93. The number of nitrogens with zero attached hydrogens (tertiary/aromatic N) is 1. The predicted octanol–water partition coefficient (Wildman–Crippen LogP) is 3.21. The van der Waals surface area contributed by atoms with Crippen LogP contribution in [0, 0.1) is 0 Å². The maximum atomic E-state index is 11.8. The Hall–Kier alpha value is -1.68. The van der Waals surface area contributed by atoms with Gasteiger partial charge in [0.25, 0.3) is 0 Å². The lowest BCUT2D eigenvalue weighted by molar-refractivity contribution is -0.138. The van der Waals surface area contributed by atoms with Gasteiger partial charge < -0.3 is 4.74 Å². The molecule has 0 aliphatic heterocycles. The number of hydrogen-bond acceptors (Lipinski definition) is 4. The van der Waals surface area contributed by atoms with E-state index < -0.39 is 0 Å². The lowest BCUT2D eigenvalue weighted by Gasteiger charge is -2.02. The molecule has 0 aliphatic rings. The Morgan fingerprint density at radius 2 is 2.21 bits per heavy atom. The van der Waals surface area contributed by atoms with Gasteiger partial charge in [-0.3, -0.25) is 9.78 Å². The van der Waals surface area contributed by atoms with Gasteiger partial charge in [-0.2, -0.15) is 0 Å². The van der Waals surface area contributed by atoms with Crippen LogP contribution in [0.2, 0.25) is 5.02 Å². The van der Waals surface area contributed by atoms with E-state index in [2.05, 4.69) is 4.98 Å². The number of Topliss-reactive ketones (excluding diaryl/α,β-unsaturated/α-hetero) is 1. The van der Waals surface area contributed by atoms with Crippen molar-refractivity contribution >= 4 is 23.4 Å². The molecule has 1 rings (SSSR count). The molecule has 19 heavy (non-hydrogen) atoms. The molecular weight excluding hydrogens is 266 g/mol. The molecule has 0 N–H and O–H groups in total. The van der Waals surface area contributed by atoms with Gasteiger partial charge in [0.1, 0.15) is 5.69 Å². The first-order valence-electron chi connectivity index (χ1n) is 6.03. The molecule has 0 radical (unpaired) electrons. The second-order valence-corrected chi connectivity index (χ2v) is 4.37. The minimum atomic E-state index is -0.351. The molecular formula is C14H16ClNO3. The van der Waals surface area contributed by atoms with Gasteiger partial charge in [0.15, 0.2) is 5.78 Å². The number of pyridine rings is 1. The Kier molecular flexibility index (Phi) is 6.22. The third-order valence-electron chi connectivity index (χ3n) is 2.43. The maximum Gasteiger partial charge on any atom is 0.333 e. The Morgan fingerprint density at radius 1 is 1.47 bits per heavy atom. The van der Waals surface area contributed by atoms with Gasteiger partial charge in [-0.25, -0.2) is 4.79 Å². The molecule has 1 aromatic rings. The van der Waals surface area contributed by atoms with Crippen molar-refractivity contribution in [1.29, 1.82) is 0 Å². The van der Waals surface area contributed by atoms with E-state index in [9.17, 15) is 9.59 Å². The smallest absolute Gasteiger partial charge is 0.333 e. The van der Waals surface area contributed by atoms with Gasteiger partial charge in [-0.05, 0) is 32.4 Å². The highest BCUT2D eigenvalue weighted by molar-refractivity contribution is 6.30. The monoisotopic (exact) mass is 281 g/mol. The molecule has 1 aromatic heterocycles. The van der Waals surface area contributed by atoms with Crippen LogP contribution in [0.5, 0.6) is 0 Å². The van der Waals surface area contributed by atoms with Gasteiger partial charge in [-0.1, -0.05) is 17.7 Å². The number of ketones is 1. The first-order chi connectivity index (χ1) is 9.04. The maximum absolute atomic E-state index is 11.8. The number of carbonyl (C=O) groups excluding carboxylic acids is 2. The fourth-order valence-electron chi connectivity index (χ4n) is 1.43. The SMILES string of the molecule is CCOC(=O)C(C)=CCCC(=O)c1cc(Cl)ccn1. The summed E-state index contributed by atoms with van der Waals surface area (Å²) in [6.07, 6.45) is 3.94. The molecule has 0 atom stereocenters. The summed E-state index contributed by atoms with van der Waals surface area (Å²) < 4.78 is 4.84. The fraction of sp³-hybridized carbons (Fsp3) is 0.357. The van der Waals surface area contributed by atoms with Crippen LogP contribution in [0.1, 0.15) is 37.2 Å². The molecule has 0 aromatic carbocycles. The lowest BCUT2D eigenvalue weighted by atomic mass is 10.1. The molecule has 5 heteroatoms. The summed E-state index contributed by atoms with van der Waals surface area (Å²) in [6.45, 7) is 3.76. The highest BCUT2D eigenvalue weighted by Crippen LogP contribution is 2.11. The Bertz CT molecular complexity index is 497. The van der Waals surface area contributed by atoms with E-state index in [4.69, 9.17) is 16.3 Å². The van der Waals surface area contributed by atoms with Crippen LogP contribution in [0.4, 0.5) is 0 Å². The fourth-order valence-corrected chi connectivity index (χ4v) is 1.59.